The summed E-state index contributed by atoms with van der Waals surface area (Å²) in [6.45, 7) is 2.39. The van der Waals surface area contributed by atoms with E-state index in [-0.39, 0.29) is 11.9 Å². The first-order valence-corrected chi connectivity index (χ1v) is 6.11. The van der Waals surface area contributed by atoms with Gasteiger partial charge in [0.15, 0.2) is 0 Å². The van der Waals surface area contributed by atoms with E-state index < -0.39 is 0 Å². The van der Waals surface area contributed by atoms with Gasteiger partial charge in [0.2, 0.25) is 5.91 Å². The molecule has 0 aliphatic carbocycles. The zero-order chi connectivity index (χ0) is 13.0. The number of nitrogens with two attached hydrogens (primary N) is 1. The maximum absolute atomic E-state index is 11.4. The molecule has 0 fully saturated rings. The SMILES string of the molecule is CC(N)CC(=O)NCCc1nc2ccccc2[nH]1. The molecule has 0 saturated heterocycles. The smallest absolute Gasteiger partial charge is 0.221 e. The van der Waals surface area contributed by atoms with Gasteiger partial charge in [-0.1, -0.05) is 12.1 Å². The van der Waals surface area contributed by atoms with E-state index in [9.17, 15) is 4.79 Å². The number of hydrogen-bond acceptors (Lipinski definition) is 3. The van der Waals surface area contributed by atoms with Crippen LogP contribution in [0.4, 0.5) is 0 Å². The summed E-state index contributed by atoms with van der Waals surface area (Å²) in [5, 5.41) is 2.83. The van der Waals surface area contributed by atoms with Crippen molar-refractivity contribution in [1.82, 2.24) is 15.3 Å². The van der Waals surface area contributed by atoms with Crippen molar-refractivity contribution in [3.63, 3.8) is 0 Å². The average Bonchev–Trinajstić information content (AvgIpc) is 2.70. The van der Waals surface area contributed by atoms with Crippen LogP contribution in [0.15, 0.2) is 24.3 Å². The lowest BCUT2D eigenvalue weighted by molar-refractivity contribution is -0.121. The topological polar surface area (TPSA) is 83.8 Å². The third-order valence-corrected chi connectivity index (χ3v) is 2.63. The Bertz CT molecular complexity index is 500. The number of fused-ring (bicyclic) bond motifs is 1. The van der Waals surface area contributed by atoms with Crippen molar-refractivity contribution in [3.8, 4) is 0 Å². The molecular formula is C13H18N4O. The van der Waals surface area contributed by atoms with Crippen molar-refractivity contribution in [1.29, 1.82) is 0 Å². The summed E-state index contributed by atoms with van der Waals surface area (Å²) in [4.78, 5) is 19.1. The van der Waals surface area contributed by atoms with Gasteiger partial charge in [0, 0.05) is 25.4 Å². The number of nitrogens with zero attached hydrogens (tertiary/aromatic N) is 1. The molecule has 1 unspecified atom stereocenters. The van der Waals surface area contributed by atoms with E-state index in [1.807, 2.05) is 31.2 Å². The third-order valence-electron chi connectivity index (χ3n) is 2.63. The summed E-state index contributed by atoms with van der Waals surface area (Å²) in [6, 6.07) is 7.77. The Balaban J connectivity index is 1.85. The van der Waals surface area contributed by atoms with Gasteiger partial charge >= 0.3 is 0 Å². The molecule has 1 amide bonds. The van der Waals surface area contributed by atoms with Crippen LogP contribution in [0.2, 0.25) is 0 Å². The normalized spacial score (nSPS) is 12.6. The molecule has 0 bridgehead atoms. The zero-order valence-electron chi connectivity index (χ0n) is 10.4. The number of carbonyl (C=O) groups excluding carboxylic acids is 1. The molecule has 1 heterocycles. The first-order chi connectivity index (χ1) is 8.65. The van der Waals surface area contributed by atoms with Crippen LogP contribution in [0, 0.1) is 0 Å². The maximum atomic E-state index is 11.4. The molecule has 96 valence electrons. The van der Waals surface area contributed by atoms with E-state index in [0.29, 0.717) is 19.4 Å². The summed E-state index contributed by atoms with van der Waals surface area (Å²) in [6.07, 6.45) is 1.06. The molecule has 2 rings (SSSR count). The van der Waals surface area contributed by atoms with E-state index in [1.54, 1.807) is 0 Å². The summed E-state index contributed by atoms with van der Waals surface area (Å²) in [5.41, 5.74) is 7.52. The quantitative estimate of drug-likeness (QED) is 0.734. The largest absolute Gasteiger partial charge is 0.356 e. The predicted octanol–water partition coefficient (Wildman–Crippen LogP) is 0.959. The first-order valence-electron chi connectivity index (χ1n) is 6.11. The van der Waals surface area contributed by atoms with Crippen molar-refractivity contribution in [3.05, 3.63) is 30.1 Å². The van der Waals surface area contributed by atoms with Crippen LogP contribution in [0.1, 0.15) is 19.2 Å². The number of rotatable bonds is 5. The summed E-state index contributed by atoms with van der Waals surface area (Å²) in [5.74, 6) is 0.874. The second-order valence-corrected chi connectivity index (χ2v) is 4.48. The number of benzene rings is 1. The average molecular weight is 246 g/mol. The molecule has 1 atom stereocenters. The molecule has 18 heavy (non-hydrogen) atoms. The fourth-order valence-electron chi connectivity index (χ4n) is 1.81. The van der Waals surface area contributed by atoms with Crippen molar-refractivity contribution in [2.45, 2.75) is 25.8 Å². The molecule has 1 aromatic heterocycles. The number of amides is 1. The van der Waals surface area contributed by atoms with Crippen LogP contribution in [-0.2, 0) is 11.2 Å². The predicted molar refractivity (Wildman–Crippen MR) is 71.1 cm³/mol. The van der Waals surface area contributed by atoms with Crippen LogP contribution < -0.4 is 11.1 Å². The minimum absolute atomic E-state index is 0.0129. The van der Waals surface area contributed by atoms with Gasteiger partial charge in [0.25, 0.3) is 0 Å². The van der Waals surface area contributed by atoms with Gasteiger partial charge in [0.05, 0.1) is 11.0 Å². The van der Waals surface area contributed by atoms with Gasteiger partial charge in [-0.05, 0) is 19.1 Å². The lowest BCUT2D eigenvalue weighted by Gasteiger charge is -2.05. The summed E-state index contributed by atoms with van der Waals surface area (Å²) in [7, 11) is 0. The molecule has 5 heteroatoms. The van der Waals surface area contributed by atoms with Crippen LogP contribution >= 0.6 is 0 Å². The molecule has 4 N–H and O–H groups in total. The zero-order valence-corrected chi connectivity index (χ0v) is 10.4. The molecule has 0 saturated carbocycles. The Kier molecular flexibility index (Phi) is 3.94. The van der Waals surface area contributed by atoms with E-state index in [4.69, 9.17) is 5.73 Å². The van der Waals surface area contributed by atoms with Crippen molar-refractivity contribution >= 4 is 16.9 Å². The highest BCUT2D eigenvalue weighted by Gasteiger charge is 2.05. The number of nitrogens with one attached hydrogen (secondary N) is 2. The number of hydrogen-bond donors (Lipinski definition) is 3. The van der Waals surface area contributed by atoms with Gasteiger partial charge in [-0.25, -0.2) is 4.98 Å². The molecule has 0 aliphatic heterocycles. The minimum atomic E-state index is -0.101. The van der Waals surface area contributed by atoms with Gasteiger partial charge < -0.3 is 16.0 Å². The Hall–Kier alpha value is -1.88. The Morgan fingerprint density at radius 2 is 2.28 bits per heavy atom. The lowest BCUT2D eigenvalue weighted by atomic mass is 10.2. The number of H-pyrrole nitrogens is 1. The molecule has 2 aromatic rings. The summed E-state index contributed by atoms with van der Waals surface area (Å²) < 4.78 is 0. The molecule has 0 radical (unpaired) electrons. The molecular weight excluding hydrogens is 228 g/mol. The Labute approximate surface area is 106 Å². The number of aromatic amines is 1. The molecule has 0 spiro atoms. The molecule has 5 nitrogen and oxygen atoms in total. The highest BCUT2D eigenvalue weighted by molar-refractivity contribution is 5.76. The standard InChI is InChI=1S/C13H18N4O/c1-9(14)8-13(18)15-7-6-12-16-10-4-2-3-5-11(10)17-12/h2-5,9H,6-8,14H2,1H3,(H,15,18)(H,16,17). The third kappa shape index (κ3) is 3.30. The van der Waals surface area contributed by atoms with Gasteiger partial charge in [-0.2, -0.15) is 0 Å². The van der Waals surface area contributed by atoms with Crippen molar-refractivity contribution in [2.24, 2.45) is 5.73 Å². The second kappa shape index (κ2) is 5.64. The van der Waals surface area contributed by atoms with Gasteiger partial charge in [-0.3, -0.25) is 4.79 Å². The molecule has 1 aromatic carbocycles. The van der Waals surface area contributed by atoms with Crippen molar-refractivity contribution in [2.75, 3.05) is 6.54 Å². The van der Waals surface area contributed by atoms with Crippen LogP contribution in [0.5, 0.6) is 0 Å². The maximum Gasteiger partial charge on any atom is 0.221 e. The molecule has 0 aliphatic rings. The Morgan fingerprint density at radius 3 is 3.00 bits per heavy atom. The highest BCUT2D eigenvalue weighted by atomic mass is 16.1. The van der Waals surface area contributed by atoms with E-state index in [1.165, 1.54) is 0 Å². The first kappa shape index (κ1) is 12.6. The number of para-hydroxylation sites is 2. The van der Waals surface area contributed by atoms with Crippen LogP contribution in [0.25, 0.3) is 11.0 Å². The number of imidazole rings is 1. The number of aromatic nitrogens is 2. The fourth-order valence-corrected chi connectivity index (χ4v) is 1.81. The lowest BCUT2D eigenvalue weighted by Crippen LogP contribution is -2.31. The van der Waals surface area contributed by atoms with Crippen LogP contribution in [-0.4, -0.2) is 28.5 Å². The minimum Gasteiger partial charge on any atom is -0.356 e. The fraction of sp³-hybridized carbons (Fsp3) is 0.385. The second-order valence-electron chi connectivity index (χ2n) is 4.48. The van der Waals surface area contributed by atoms with Crippen molar-refractivity contribution < 1.29 is 4.79 Å². The highest BCUT2D eigenvalue weighted by Crippen LogP contribution is 2.10. The monoisotopic (exact) mass is 246 g/mol. The Morgan fingerprint density at radius 1 is 1.50 bits per heavy atom. The summed E-state index contributed by atoms with van der Waals surface area (Å²) >= 11 is 0. The van der Waals surface area contributed by atoms with E-state index in [0.717, 1.165) is 16.9 Å². The number of carbonyl (C=O) groups is 1. The van der Waals surface area contributed by atoms with Gasteiger partial charge in [-0.15, -0.1) is 0 Å². The van der Waals surface area contributed by atoms with Gasteiger partial charge in [0.1, 0.15) is 5.82 Å². The van der Waals surface area contributed by atoms with Crippen LogP contribution in [0.3, 0.4) is 0 Å². The van der Waals surface area contributed by atoms with E-state index >= 15 is 0 Å². The van der Waals surface area contributed by atoms with E-state index in [2.05, 4.69) is 15.3 Å².